The molecule has 2 aromatic rings. The summed E-state index contributed by atoms with van der Waals surface area (Å²) in [6.45, 7) is 3.11. The number of hydrogen-bond acceptors (Lipinski definition) is 4. The van der Waals surface area contributed by atoms with Gasteiger partial charge >= 0.3 is 0 Å². The van der Waals surface area contributed by atoms with Crippen molar-refractivity contribution >= 4 is 33.4 Å². The molecule has 0 bridgehead atoms. The molecule has 5 nitrogen and oxygen atoms in total. The van der Waals surface area contributed by atoms with Crippen LogP contribution in [0.5, 0.6) is 0 Å². The van der Waals surface area contributed by atoms with Crippen LogP contribution < -0.4 is 10.6 Å². The quantitative estimate of drug-likeness (QED) is 0.853. The number of nitrogens with one attached hydrogen (secondary N) is 2. The average molecular weight is 305 g/mol. The third kappa shape index (κ3) is 4.01. The van der Waals surface area contributed by atoms with Crippen molar-refractivity contribution in [2.24, 2.45) is 0 Å². The average Bonchev–Trinajstić information content (AvgIpc) is 2.46. The topological polar surface area (TPSA) is 71.1 Å². The summed E-state index contributed by atoms with van der Waals surface area (Å²) < 4.78 is 11.1. The Balaban J connectivity index is 2.31. The number of benzene rings is 1. The molecule has 0 aliphatic heterocycles. The molecule has 1 atom stereocenters. The van der Waals surface area contributed by atoms with Crippen molar-refractivity contribution in [2.45, 2.75) is 6.92 Å². The van der Waals surface area contributed by atoms with Crippen molar-refractivity contribution in [1.29, 1.82) is 0 Å². The summed E-state index contributed by atoms with van der Waals surface area (Å²) >= 11 is 0. The summed E-state index contributed by atoms with van der Waals surface area (Å²) in [6.07, 6.45) is 1.62. The summed E-state index contributed by atoms with van der Waals surface area (Å²) in [4.78, 5) is 16.8. The Morgan fingerprint density at radius 3 is 2.81 bits per heavy atom. The second-order valence-electron chi connectivity index (χ2n) is 4.64. The van der Waals surface area contributed by atoms with Gasteiger partial charge < -0.3 is 10.6 Å². The number of pyridine rings is 1. The maximum absolute atomic E-state index is 12.3. The Morgan fingerprint density at radius 2 is 2.10 bits per heavy atom. The van der Waals surface area contributed by atoms with Crippen LogP contribution in [0.3, 0.4) is 0 Å². The van der Waals surface area contributed by atoms with E-state index in [2.05, 4.69) is 15.6 Å². The van der Waals surface area contributed by atoms with E-state index in [9.17, 15) is 9.00 Å². The van der Waals surface area contributed by atoms with Crippen LogP contribution in [0.4, 0.5) is 5.82 Å². The maximum atomic E-state index is 12.3. The number of hydrogen-bond donors (Lipinski definition) is 2. The lowest BCUT2D eigenvalue weighted by Crippen LogP contribution is -2.27. The molecule has 21 heavy (non-hydrogen) atoms. The van der Waals surface area contributed by atoms with E-state index in [1.54, 1.807) is 12.3 Å². The van der Waals surface area contributed by atoms with Gasteiger partial charge in [0.2, 0.25) is 0 Å². The number of aromatic nitrogens is 1. The number of nitrogens with zero attached hydrogens (tertiary/aromatic N) is 1. The van der Waals surface area contributed by atoms with Crippen LogP contribution in [0.1, 0.15) is 17.3 Å². The van der Waals surface area contributed by atoms with Gasteiger partial charge in [0.05, 0.1) is 11.1 Å². The van der Waals surface area contributed by atoms with Gasteiger partial charge in [-0.3, -0.25) is 9.00 Å². The van der Waals surface area contributed by atoms with Gasteiger partial charge in [-0.25, -0.2) is 4.98 Å². The van der Waals surface area contributed by atoms with E-state index in [-0.39, 0.29) is 5.91 Å². The number of amides is 1. The Kier molecular flexibility index (Phi) is 5.27. The molecule has 1 aromatic carbocycles. The molecule has 0 saturated carbocycles. The zero-order valence-electron chi connectivity index (χ0n) is 12.2. The monoisotopic (exact) mass is 305 g/mol. The van der Waals surface area contributed by atoms with Crippen molar-refractivity contribution in [1.82, 2.24) is 10.3 Å². The molecule has 0 fully saturated rings. The standard InChI is InChI=1S/C15H19N3O2S/c1-3-16-14-10-12(15(19)17-8-9-21(2)20)11-6-4-5-7-13(11)18-14/h4-7,10H,3,8-9H2,1-2H3,(H,16,18)(H,17,19). The first-order valence-electron chi connectivity index (χ1n) is 6.83. The second kappa shape index (κ2) is 7.17. The Bertz CT molecular complexity index is 673. The lowest BCUT2D eigenvalue weighted by Gasteiger charge is -2.10. The Labute approximate surface area is 126 Å². The van der Waals surface area contributed by atoms with Crippen LogP contribution in [-0.4, -0.2) is 40.2 Å². The third-order valence-corrected chi connectivity index (χ3v) is 3.77. The summed E-state index contributed by atoms with van der Waals surface area (Å²) in [6, 6.07) is 9.30. The molecule has 0 aliphatic rings. The molecule has 1 heterocycles. The maximum Gasteiger partial charge on any atom is 0.252 e. The van der Waals surface area contributed by atoms with Gasteiger partial charge in [-0.15, -0.1) is 0 Å². The molecular weight excluding hydrogens is 286 g/mol. The minimum atomic E-state index is -0.912. The van der Waals surface area contributed by atoms with Crippen LogP contribution >= 0.6 is 0 Å². The molecule has 0 spiro atoms. The van der Waals surface area contributed by atoms with Crippen LogP contribution in [0, 0.1) is 0 Å². The first-order chi connectivity index (χ1) is 10.1. The molecule has 0 saturated heterocycles. The van der Waals surface area contributed by atoms with Crippen LogP contribution in [0.2, 0.25) is 0 Å². The molecule has 0 radical (unpaired) electrons. The first kappa shape index (κ1) is 15.4. The number of carbonyl (C=O) groups excluding carboxylic acids is 1. The predicted octanol–water partition coefficient (Wildman–Crippen LogP) is 1.77. The van der Waals surface area contributed by atoms with Crippen molar-refractivity contribution in [3.05, 3.63) is 35.9 Å². The minimum absolute atomic E-state index is 0.168. The van der Waals surface area contributed by atoms with E-state index in [0.29, 0.717) is 23.7 Å². The van der Waals surface area contributed by atoms with E-state index in [1.807, 2.05) is 31.2 Å². The summed E-state index contributed by atoms with van der Waals surface area (Å²) in [5.74, 6) is 0.966. The molecular formula is C15H19N3O2S. The van der Waals surface area contributed by atoms with E-state index in [4.69, 9.17) is 0 Å². The molecule has 2 N–H and O–H groups in total. The highest BCUT2D eigenvalue weighted by molar-refractivity contribution is 7.84. The normalized spacial score (nSPS) is 12.1. The molecule has 1 unspecified atom stereocenters. The van der Waals surface area contributed by atoms with Gasteiger partial charge in [0.1, 0.15) is 5.82 Å². The highest BCUT2D eigenvalue weighted by Gasteiger charge is 2.12. The van der Waals surface area contributed by atoms with Crippen LogP contribution in [0.15, 0.2) is 30.3 Å². The fraction of sp³-hybridized carbons (Fsp3) is 0.333. The number of rotatable bonds is 6. The molecule has 1 aromatic heterocycles. The highest BCUT2D eigenvalue weighted by Crippen LogP contribution is 2.20. The first-order valence-corrected chi connectivity index (χ1v) is 8.56. The summed E-state index contributed by atoms with van der Waals surface area (Å²) in [5, 5.41) is 6.75. The largest absolute Gasteiger partial charge is 0.370 e. The van der Waals surface area contributed by atoms with Gasteiger partial charge in [0.15, 0.2) is 0 Å². The molecule has 112 valence electrons. The van der Waals surface area contributed by atoms with Gasteiger partial charge in [-0.2, -0.15) is 0 Å². The van der Waals surface area contributed by atoms with Gasteiger partial charge in [0.25, 0.3) is 5.91 Å². The summed E-state index contributed by atoms with van der Waals surface area (Å²) in [5.41, 5.74) is 1.36. The van der Waals surface area contributed by atoms with Gasteiger partial charge in [-0.05, 0) is 19.1 Å². The lowest BCUT2D eigenvalue weighted by molar-refractivity contribution is 0.0958. The molecule has 1 amide bonds. The molecule has 0 aliphatic carbocycles. The van der Waals surface area contributed by atoms with Gasteiger partial charge in [-0.1, -0.05) is 18.2 Å². The number of para-hydroxylation sites is 1. The minimum Gasteiger partial charge on any atom is -0.370 e. The fourth-order valence-corrected chi connectivity index (χ4v) is 2.43. The summed E-state index contributed by atoms with van der Waals surface area (Å²) in [7, 11) is -0.912. The van der Waals surface area contributed by atoms with Gasteiger partial charge in [0, 0.05) is 41.3 Å². The predicted molar refractivity (Wildman–Crippen MR) is 87.2 cm³/mol. The second-order valence-corrected chi connectivity index (χ2v) is 6.19. The van der Waals surface area contributed by atoms with Crippen molar-refractivity contribution in [3.8, 4) is 0 Å². The van der Waals surface area contributed by atoms with E-state index in [1.165, 1.54) is 0 Å². The molecule has 2 rings (SSSR count). The number of carbonyl (C=O) groups is 1. The lowest BCUT2D eigenvalue weighted by atomic mass is 10.1. The van der Waals surface area contributed by atoms with Crippen LogP contribution in [0.25, 0.3) is 10.9 Å². The highest BCUT2D eigenvalue weighted by atomic mass is 32.2. The van der Waals surface area contributed by atoms with E-state index >= 15 is 0 Å². The smallest absolute Gasteiger partial charge is 0.252 e. The SMILES string of the molecule is CCNc1cc(C(=O)NCCS(C)=O)c2ccccc2n1. The van der Waals surface area contributed by atoms with Crippen molar-refractivity contribution in [2.75, 3.05) is 30.4 Å². The van der Waals surface area contributed by atoms with E-state index < -0.39 is 10.8 Å². The Hall–Kier alpha value is -1.95. The number of fused-ring (bicyclic) bond motifs is 1. The van der Waals surface area contributed by atoms with Crippen LogP contribution in [-0.2, 0) is 10.8 Å². The zero-order valence-corrected chi connectivity index (χ0v) is 13.0. The Morgan fingerprint density at radius 1 is 1.33 bits per heavy atom. The zero-order chi connectivity index (χ0) is 15.2. The van der Waals surface area contributed by atoms with Crippen molar-refractivity contribution in [3.63, 3.8) is 0 Å². The van der Waals surface area contributed by atoms with E-state index in [0.717, 1.165) is 17.4 Å². The van der Waals surface area contributed by atoms with Crippen molar-refractivity contribution < 1.29 is 9.00 Å². The fourth-order valence-electron chi connectivity index (χ4n) is 2.04. The number of anilines is 1. The third-order valence-electron chi connectivity index (χ3n) is 2.99. The molecule has 6 heteroatoms.